The van der Waals surface area contributed by atoms with Crippen molar-refractivity contribution in [1.82, 2.24) is 15.5 Å². The van der Waals surface area contributed by atoms with Crippen LogP contribution in [0.5, 0.6) is 0 Å². The quantitative estimate of drug-likeness (QED) is 0.354. The maximum atomic E-state index is 13.6. The summed E-state index contributed by atoms with van der Waals surface area (Å²) in [4.78, 5) is 40.8. The second-order valence-electron chi connectivity index (χ2n) is 10.4. The van der Waals surface area contributed by atoms with Crippen LogP contribution in [0.3, 0.4) is 0 Å². The Kier molecular flexibility index (Phi) is 12.8. The summed E-state index contributed by atoms with van der Waals surface area (Å²) in [6.45, 7) is 15.7. The highest BCUT2D eigenvalue weighted by Crippen LogP contribution is 2.25. The molecule has 0 saturated carbocycles. The molecule has 7 heteroatoms. The summed E-state index contributed by atoms with van der Waals surface area (Å²) >= 11 is 0. The minimum absolute atomic E-state index is 0.00141. The number of rotatable bonds is 13. The molecule has 0 spiro atoms. The highest BCUT2D eigenvalue weighted by atomic mass is 16.6. The standard InChI is InChI=1S/C28H47N3O4/c1-9-11-12-13-17-31(24(32)19-29-27(34)35-28(6,7)8)25(26(33)30-22(5)14-10-2)23-16-15-20(3)21(4)18-23/h15-16,18,22,25H,9-14,17,19H2,1-8H3,(H,29,34)(H,30,33). The van der Waals surface area contributed by atoms with Gasteiger partial charge in [0.05, 0.1) is 0 Å². The summed E-state index contributed by atoms with van der Waals surface area (Å²) in [5.74, 6) is -0.510. The van der Waals surface area contributed by atoms with Gasteiger partial charge in [-0.05, 0) is 71.1 Å². The van der Waals surface area contributed by atoms with Crippen LogP contribution in [0.1, 0.15) is 103 Å². The Morgan fingerprint density at radius 3 is 2.26 bits per heavy atom. The Balaban J connectivity index is 3.26. The van der Waals surface area contributed by atoms with Gasteiger partial charge >= 0.3 is 6.09 Å². The Morgan fingerprint density at radius 2 is 1.69 bits per heavy atom. The molecule has 1 rings (SSSR count). The molecule has 0 aliphatic heterocycles. The normalized spacial score (nSPS) is 13.0. The van der Waals surface area contributed by atoms with Crippen molar-refractivity contribution in [2.24, 2.45) is 0 Å². The van der Waals surface area contributed by atoms with Crippen LogP contribution in [0.4, 0.5) is 4.79 Å². The molecule has 35 heavy (non-hydrogen) atoms. The van der Waals surface area contributed by atoms with Crippen molar-refractivity contribution in [2.75, 3.05) is 13.1 Å². The molecule has 2 N–H and O–H groups in total. The van der Waals surface area contributed by atoms with Gasteiger partial charge in [-0.1, -0.05) is 57.7 Å². The summed E-state index contributed by atoms with van der Waals surface area (Å²) in [5, 5.41) is 5.67. The van der Waals surface area contributed by atoms with Crippen molar-refractivity contribution in [1.29, 1.82) is 0 Å². The van der Waals surface area contributed by atoms with E-state index < -0.39 is 17.7 Å². The molecular weight excluding hydrogens is 442 g/mol. The Morgan fingerprint density at radius 1 is 1.00 bits per heavy atom. The van der Waals surface area contributed by atoms with Crippen LogP contribution in [0.25, 0.3) is 0 Å². The number of benzene rings is 1. The van der Waals surface area contributed by atoms with Crippen molar-refractivity contribution in [3.8, 4) is 0 Å². The van der Waals surface area contributed by atoms with Gasteiger partial charge < -0.3 is 20.3 Å². The zero-order valence-electron chi connectivity index (χ0n) is 23.1. The van der Waals surface area contributed by atoms with Crippen molar-refractivity contribution in [3.63, 3.8) is 0 Å². The smallest absolute Gasteiger partial charge is 0.408 e. The van der Waals surface area contributed by atoms with Gasteiger partial charge in [-0.2, -0.15) is 0 Å². The molecule has 2 unspecified atom stereocenters. The molecule has 0 radical (unpaired) electrons. The number of hydrogen-bond acceptors (Lipinski definition) is 4. The van der Waals surface area contributed by atoms with Gasteiger partial charge in [0.25, 0.3) is 0 Å². The number of nitrogens with zero attached hydrogens (tertiary/aromatic N) is 1. The molecule has 0 heterocycles. The predicted octanol–water partition coefficient (Wildman–Crippen LogP) is 5.58. The number of aryl methyl sites for hydroxylation is 2. The second-order valence-corrected chi connectivity index (χ2v) is 10.4. The third kappa shape index (κ3) is 11.1. The second kappa shape index (κ2) is 14.7. The molecule has 2 atom stereocenters. The van der Waals surface area contributed by atoms with Gasteiger partial charge in [0.1, 0.15) is 18.2 Å². The van der Waals surface area contributed by atoms with Crippen LogP contribution in [0.15, 0.2) is 18.2 Å². The summed E-state index contributed by atoms with van der Waals surface area (Å²) in [6.07, 6.45) is 5.04. The van der Waals surface area contributed by atoms with E-state index in [0.717, 1.165) is 55.2 Å². The maximum absolute atomic E-state index is 13.6. The van der Waals surface area contributed by atoms with E-state index in [1.807, 2.05) is 39.0 Å². The number of carbonyl (C=O) groups is 3. The Labute approximate surface area is 212 Å². The molecule has 0 aliphatic rings. The molecule has 3 amide bonds. The highest BCUT2D eigenvalue weighted by Gasteiger charge is 2.32. The SMILES string of the molecule is CCCCCCN(C(=O)CNC(=O)OC(C)(C)C)C(C(=O)NC(C)CCC)c1ccc(C)c(C)c1. The number of hydrogen-bond donors (Lipinski definition) is 2. The Bertz CT molecular complexity index is 832. The van der Waals surface area contributed by atoms with Crippen LogP contribution in [-0.2, 0) is 14.3 Å². The van der Waals surface area contributed by atoms with Crippen molar-refractivity contribution < 1.29 is 19.1 Å². The molecule has 1 aromatic rings. The molecule has 198 valence electrons. The van der Waals surface area contributed by atoms with Crippen LogP contribution < -0.4 is 10.6 Å². The number of amides is 3. The molecular formula is C28H47N3O4. The minimum atomic E-state index is -0.775. The van der Waals surface area contributed by atoms with E-state index in [1.165, 1.54) is 0 Å². The average molecular weight is 490 g/mol. The lowest BCUT2D eigenvalue weighted by Crippen LogP contribution is -2.49. The third-order valence-corrected chi connectivity index (χ3v) is 5.87. The third-order valence-electron chi connectivity index (χ3n) is 5.87. The first kappa shape index (κ1) is 30.5. The molecule has 0 fully saturated rings. The maximum Gasteiger partial charge on any atom is 0.408 e. The molecule has 0 saturated heterocycles. The predicted molar refractivity (Wildman–Crippen MR) is 141 cm³/mol. The van der Waals surface area contributed by atoms with Crippen LogP contribution >= 0.6 is 0 Å². The molecule has 0 aromatic heterocycles. The lowest BCUT2D eigenvalue weighted by molar-refractivity contribution is -0.140. The monoisotopic (exact) mass is 489 g/mol. The molecule has 0 aliphatic carbocycles. The molecule has 7 nitrogen and oxygen atoms in total. The van der Waals surface area contributed by atoms with Crippen LogP contribution in [-0.4, -0.2) is 47.5 Å². The lowest BCUT2D eigenvalue weighted by Gasteiger charge is -2.33. The van der Waals surface area contributed by atoms with Crippen molar-refractivity contribution in [2.45, 2.75) is 112 Å². The fourth-order valence-corrected chi connectivity index (χ4v) is 3.90. The van der Waals surface area contributed by atoms with E-state index >= 15 is 0 Å². The fourth-order valence-electron chi connectivity index (χ4n) is 3.90. The van der Waals surface area contributed by atoms with Gasteiger partial charge in [-0.25, -0.2) is 4.79 Å². The van der Waals surface area contributed by atoms with E-state index in [-0.39, 0.29) is 24.4 Å². The molecule has 1 aromatic carbocycles. The van der Waals surface area contributed by atoms with Crippen LogP contribution in [0.2, 0.25) is 0 Å². The van der Waals surface area contributed by atoms with Gasteiger partial charge in [0, 0.05) is 12.6 Å². The molecule has 0 bridgehead atoms. The number of nitrogens with one attached hydrogen (secondary N) is 2. The largest absolute Gasteiger partial charge is 0.444 e. The van der Waals surface area contributed by atoms with Gasteiger partial charge in [0.15, 0.2) is 0 Å². The summed E-state index contributed by atoms with van der Waals surface area (Å²) in [6, 6.07) is 5.11. The fraction of sp³-hybridized carbons (Fsp3) is 0.679. The summed E-state index contributed by atoms with van der Waals surface area (Å²) in [5.41, 5.74) is 2.30. The number of unbranched alkanes of at least 4 members (excludes halogenated alkanes) is 3. The van der Waals surface area contributed by atoms with Gasteiger partial charge in [-0.3, -0.25) is 9.59 Å². The average Bonchev–Trinajstić information content (AvgIpc) is 2.75. The van der Waals surface area contributed by atoms with Gasteiger partial charge in [0.2, 0.25) is 11.8 Å². The highest BCUT2D eigenvalue weighted by molar-refractivity contribution is 5.90. The van der Waals surface area contributed by atoms with Crippen molar-refractivity contribution in [3.05, 3.63) is 34.9 Å². The zero-order chi connectivity index (χ0) is 26.6. The number of alkyl carbamates (subject to hydrolysis) is 1. The van der Waals surface area contributed by atoms with Crippen molar-refractivity contribution >= 4 is 17.9 Å². The van der Waals surface area contributed by atoms with E-state index in [0.29, 0.717) is 6.54 Å². The van der Waals surface area contributed by atoms with E-state index in [9.17, 15) is 14.4 Å². The summed E-state index contributed by atoms with van der Waals surface area (Å²) < 4.78 is 5.28. The van der Waals surface area contributed by atoms with E-state index in [1.54, 1.807) is 25.7 Å². The first-order chi connectivity index (χ1) is 16.4. The topological polar surface area (TPSA) is 87.7 Å². The van der Waals surface area contributed by atoms with E-state index in [4.69, 9.17) is 4.74 Å². The number of ether oxygens (including phenoxy) is 1. The first-order valence-electron chi connectivity index (χ1n) is 13.0. The Hall–Kier alpha value is -2.57. The van der Waals surface area contributed by atoms with E-state index in [2.05, 4.69) is 24.5 Å². The first-order valence-corrected chi connectivity index (χ1v) is 13.0. The lowest BCUT2D eigenvalue weighted by atomic mass is 9.98. The van der Waals surface area contributed by atoms with Gasteiger partial charge in [-0.15, -0.1) is 0 Å². The zero-order valence-corrected chi connectivity index (χ0v) is 23.1. The van der Waals surface area contributed by atoms with Crippen LogP contribution in [0, 0.1) is 13.8 Å². The minimum Gasteiger partial charge on any atom is -0.444 e. The summed E-state index contributed by atoms with van der Waals surface area (Å²) in [7, 11) is 0. The number of carbonyl (C=O) groups excluding carboxylic acids is 3.